The first kappa shape index (κ1) is 41.5. The first-order valence-electron chi connectivity index (χ1n) is 18.8. The van der Waals surface area contributed by atoms with Gasteiger partial charge in [-0.2, -0.15) is 23.1 Å². The number of rotatable bonds is 10. The summed E-state index contributed by atoms with van der Waals surface area (Å²) in [4.78, 5) is 41.7. The predicted molar refractivity (Wildman–Crippen MR) is 201 cm³/mol. The fourth-order valence-electron chi connectivity index (χ4n) is 7.13. The smallest absolute Gasteiger partial charge is 0.422 e. The topological polar surface area (TPSA) is 169 Å². The van der Waals surface area contributed by atoms with Crippen molar-refractivity contribution in [3.63, 3.8) is 0 Å². The highest BCUT2D eigenvalue weighted by Crippen LogP contribution is 2.34. The van der Waals surface area contributed by atoms with E-state index in [2.05, 4.69) is 35.3 Å². The summed E-state index contributed by atoms with van der Waals surface area (Å²) in [5, 5.41) is 27.7. The second kappa shape index (κ2) is 17.4. The molecule has 0 saturated heterocycles. The Morgan fingerprint density at radius 2 is 1.09 bits per heavy atom. The lowest BCUT2D eigenvalue weighted by Gasteiger charge is -2.36. The van der Waals surface area contributed by atoms with Crippen LogP contribution in [-0.2, 0) is 0 Å². The van der Waals surface area contributed by atoms with Crippen molar-refractivity contribution in [2.45, 2.75) is 115 Å². The average molecular weight is 769 g/mol. The maximum atomic E-state index is 12.6. The monoisotopic (exact) mass is 768 g/mol. The van der Waals surface area contributed by atoms with E-state index in [1.54, 1.807) is 18.3 Å². The lowest BCUT2D eigenvalue weighted by Crippen LogP contribution is -2.41. The van der Waals surface area contributed by atoms with Crippen molar-refractivity contribution in [1.82, 2.24) is 30.6 Å². The summed E-state index contributed by atoms with van der Waals surface area (Å²) in [6.45, 7) is 8.37. The summed E-state index contributed by atoms with van der Waals surface area (Å²) in [7, 11) is 0. The third-order valence-electron chi connectivity index (χ3n) is 10.4. The number of aromatic nitrogens is 4. The number of carbonyl (C=O) groups excluding carboxylic acids is 2. The fourth-order valence-corrected chi connectivity index (χ4v) is 7.13. The molecule has 6 rings (SSSR count). The molecule has 12 nitrogen and oxygen atoms in total. The summed E-state index contributed by atoms with van der Waals surface area (Å²) < 4.78 is 46.7. The van der Waals surface area contributed by atoms with Gasteiger partial charge in [0, 0.05) is 47.4 Å². The van der Waals surface area contributed by atoms with E-state index in [0.717, 1.165) is 56.8 Å². The lowest BCUT2D eigenvalue weighted by atomic mass is 9.77. The van der Waals surface area contributed by atoms with Crippen LogP contribution in [0.3, 0.4) is 0 Å². The zero-order valence-corrected chi connectivity index (χ0v) is 31.9. The molecule has 2 amide bonds. The summed E-state index contributed by atoms with van der Waals surface area (Å²) in [6.07, 6.45) is 5.36. The Hall–Kier alpha value is -4.63. The van der Waals surface area contributed by atoms with Crippen molar-refractivity contribution in [2.75, 3.05) is 13.2 Å². The van der Waals surface area contributed by atoms with E-state index in [-0.39, 0.29) is 41.3 Å². The highest BCUT2D eigenvalue weighted by Gasteiger charge is 2.33. The molecule has 4 heterocycles. The average Bonchev–Trinajstić information content (AvgIpc) is 3.13. The molecule has 0 radical (unpaired) electrons. The molecule has 2 saturated carbocycles. The molecular weight excluding hydrogens is 717 g/mol. The van der Waals surface area contributed by atoms with Crippen LogP contribution in [-0.4, -0.2) is 84.6 Å². The van der Waals surface area contributed by atoms with Crippen LogP contribution < -0.4 is 20.1 Å². The van der Waals surface area contributed by atoms with Gasteiger partial charge in [-0.1, -0.05) is 0 Å². The Kier molecular flexibility index (Phi) is 13.2. The molecule has 2 aliphatic carbocycles. The maximum absolute atomic E-state index is 12.6. The summed E-state index contributed by atoms with van der Waals surface area (Å²) in [5.41, 5.74) is 0.295. The molecule has 0 aromatic carbocycles. The SMILES string of the molecule is CC(C)(O)C1CCC(NC(=O)c2cnc3nc(OCC(F)(F)F)ccc3c2)CC1.CCOc1ccc2cc(C(=O)NC3CCC(C(C)(C)O)CC3)cnc2n1. The fraction of sp³-hybridized carbons (Fsp3) is 0.550. The van der Waals surface area contributed by atoms with Gasteiger partial charge in [-0.05, 0) is 122 Å². The second-order valence-corrected chi connectivity index (χ2v) is 15.5. The number of hydrogen-bond acceptors (Lipinski definition) is 10. The summed E-state index contributed by atoms with van der Waals surface area (Å²) in [5.74, 6) is 0.501. The standard InChI is InChI=1S/C20H24F3N3O3.C20H27N3O3/c1-19(2,28)14-4-6-15(7-5-14)25-18(27)13-9-12-3-8-16(26-17(12)24-10-13)29-11-20(21,22)23;1-4-26-17-10-5-13-11-14(12-21-18(13)23-17)19(24)22-16-8-6-15(7-9-16)20(2,3)25/h3,8-10,14-15,28H,4-7,11H2,1-2H3,(H,25,27);5,10-12,15-16,25H,4,6-9H2,1-3H3,(H,22,24). The van der Waals surface area contributed by atoms with Gasteiger partial charge in [0.25, 0.3) is 11.8 Å². The van der Waals surface area contributed by atoms with Crippen molar-refractivity contribution >= 4 is 33.9 Å². The van der Waals surface area contributed by atoms with Gasteiger partial charge >= 0.3 is 6.18 Å². The van der Waals surface area contributed by atoms with Crippen LogP contribution in [0.15, 0.2) is 48.8 Å². The molecule has 0 unspecified atom stereocenters. The van der Waals surface area contributed by atoms with E-state index in [9.17, 15) is 33.0 Å². The highest BCUT2D eigenvalue weighted by molar-refractivity contribution is 5.97. The molecule has 4 aromatic rings. The molecule has 0 aliphatic heterocycles. The molecule has 4 aromatic heterocycles. The number of aliphatic hydroxyl groups is 2. The van der Waals surface area contributed by atoms with Gasteiger partial charge in [0.15, 0.2) is 17.9 Å². The minimum atomic E-state index is -4.45. The Bertz CT molecular complexity index is 1930. The number of hydrogen-bond donors (Lipinski definition) is 4. The summed E-state index contributed by atoms with van der Waals surface area (Å²) in [6, 6.07) is 10.1. The normalized spacial score (nSPS) is 20.6. The van der Waals surface area contributed by atoms with Gasteiger partial charge in [0.05, 0.1) is 28.9 Å². The van der Waals surface area contributed by atoms with Gasteiger partial charge in [-0.15, -0.1) is 0 Å². The van der Waals surface area contributed by atoms with Crippen molar-refractivity contribution in [1.29, 1.82) is 0 Å². The number of amides is 2. The molecule has 2 fully saturated rings. The van der Waals surface area contributed by atoms with Crippen molar-refractivity contribution in [3.05, 3.63) is 59.9 Å². The number of pyridine rings is 4. The van der Waals surface area contributed by atoms with Crippen LogP contribution in [0.5, 0.6) is 11.8 Å². The summed E-state index contributed by atoms with van der Waals surface area (Å²) >= 11 is 0. The Balaban J connectivity index is 0.000000212. The van der Waals surface area contributed by atoms with Crippen LogP contribution in [0.4, 0.5) is 13.2 Å². The first-order chi connectivity index (χ1) is 25.9. The number of carbonyl (C=O) groups is 2. The van der Waals surface area contributed by atoms with Crippen molar-refractivity contribution in [3.8, 4) is 11.8 Å². The van der Waals surface area contributed by atoms with Crippen molar-refractivity contribution in [2.24, 2.45) is 11.8 Å². The van der Waals surface area contributed by atoms with Crippen LogP contribution in [0.2, 0.25) is 0 Å². The van der Waals surface area contributed by atoms with Gasteiger partial charge in [-0.3, -0.25) is 9.59 Å². The van der Waals surface area contributed by atoms with E-state index in [1.165, 1.54) is 18.3 Å². The molecule has 0 spiro atoms. The number of fused-ring (bicyclic) bond motifs is 2. The second-order valence-electron chi connectivity index (χ2n) is 15.5. The number of nitrogens with one attached hydrogen (secondary N) is 2. The Morgan fingerprint density at radius 3 is 1.45 bits per heavy atom. The van der Waals surface area contributed by atoms with E-state index in [4.69, 9.17) is 4.74 Å². The van der Waals surface area contributed by atoms with Crippen LogP contribution in [0.1, 0.15) is 107 Å². The predicted octanol–water partition coefficient (Wildman–Crippen LogP) is 6.72. The number of nitrogens with zero attached hydrogens (tertiary/aromatic N) is 4. The number of alkyl halides is 3. The van der Waals surface area contributed by atoms with E-state index in [0.29, 0.717) is 40.6 Å². The Labute approximate surface area is 318 Å². The van der Waals surface area contributed by atoms with Gasteiger partial charge in [0.2, 0.25) is 11.8 Å². The van der Waals surface area contributed by atoms with Crippen molar-refractivity contribution < 1.29 is 42.4 Å². The molecule has 2 aliphatic rings. The first-order valence-corrected chi connectivity index (χ1v) is 18.8. The van der Waals surface area contributed by atoms with Gasteiger partial charge < -0.3 is 30.3 Å². The molecule has 0 atom stereocenters. The highest BCUT2D eigenvalue weighted by atomic mass is 19.4. The lowest BCUT2D eigenvalue weighted by molar-refractivity contribution is -0.154. The molecule has 15 heteroatoms. The molecular formula is C40H51F3N6O6. The van der Waals surface area contributed by atoms with Crippen LogP contribution >= 0.6 is 0 Å². The largest absolute Gasteiger partial charge is 0.478 e. The third-order valence-corrected chi connectivity index (χ3v) is 10.4. The maximum Gasteiger partial charge on any atom is 0.422 e. The minimum Gasteiger partial charge on any atom is -0.478 e. The van der Waals surface area contributed by atoms with Crippen LogP contribution in [0.25, 0.3) is 22.1 Å². The molecule has 0 bridgehead atoms. The third kappa shape index (κ3) is 11.9. The van der Waals surface area contributed by atoms with Gasteiger partial charge in [0.1, 0.15) is 0 Å². The van der Waals surface area contributed by atoms with Crippen LogP contribution in [0, 0.1) is 11.8 Å². The molecule has 298 valence electrons. The zero-order chi connectivity index (χ0) is 40.0. The van der Waals surface area contributed by atoms with Gasteiger partial charge in [-0.25, -0.2) is 9.97 Å². The molecule has 4 N–H and O–H groups in total. The minimum absolute atomic E-state index is 0.0352. The van der Waals surface area contributed by atoms with E-state index in [1.807, 2.05) is 46.8 Å². The zero-order valence-electron chi connectivity index (χ0n) is 31.9. The quantitative estimate of drug-likeness (QED) is 0.136. The van der Waals surface area contributed by atoms with E-state index < -0.39 is 24.0 Å². The van der Waals surface area contributed by atoms with E-state index >= 15 is 0 Å². The number of halogens is 3. The Morgan fingerprint density at radius 1 is 0.691 bits per heavy atom. The number of ether oxygens (including phenoxy) is 2. The molecule has 55 heavy (non-hydrogen) atoms.